The fourth-order valence-electron chi connectivity index (χ4n) is 0.293. The Labute approximate surface area is 47.0 Å². The second kappa shape index (κ2) is 2.65. The van der Waals surface area contributed by atoms with E-state index in [0.717, 1.165) is 0 Å². The van der Waals surface area contributed by atoms with Crippen molar-refractivity contribution in [3.63, 3.8) is 0 Å². The first-order chi connectivity index (χ1) is 2.89. The van der Waals surface area contributed by atoms with Crippen molar-refractivity contribution in [1.82, 2.24) is 16.2 Å². The Morgan fingerprint density at radius 3 is 2.43 bits per heavy atom. The van der Waals surface area contributed by atoms with Gasteiger partial charge in [-0.25, -0.2) is 10.2 Å². The molecule has 1 aliphatic heterocycles. The third-order valence-corrected chi connectivity index (χ3v) is 0.539. The Balaban J connectivity index is 0.000000360. The maximum Gasteiger partial charge on any atom is 0.330 e. The Bertz CT molecular complexity index is 67.3. The summed E-state index contributed by atoms with van der Waals surface area (Å²) in [5.74, 6) is 0. The second-order valence-electron chi connectivity index (χ2n) is 0.984. The van der Waals surface area contributed by atoms with Gasteiger partial charge in [0, 0.05) is 0 Å². The number of amides is 2. The van der Waals surface area contributed by atoms with Crippen LogP contribution in [0, 0.1) is 0 Å². The Kier molecular flexibility index (Phi) is 2.47. The maximum absolute atomic E-state index is 9.96. The number of carbonyl (C=O) groups excluding carboxylic acids is 1. The molecule has 42 valence electrons. The lowest BCUT2D eigenvalue weighted by Crippen LogP contribution is -2.25. The zero-order valence-corrected chi connectivity index (χ0v) is 4.34. The van der Waals surface area contributed by atoms with Crippen molar-refractivity contribution in [2.45, 2.75) is 0 Å². The molecule has 0 radical (unpaired) electrons. The number of halogens is 1. The third kappa shape index (κ3) is 1.61. The average molecular weight is 124 g/mol. The molecule has 1 aliphatic rings. The van der Waals surface area contributed by atoms with Gasteiger partial charge in [-0.3, -0.25) is 5.43 Å². The van der Waals surface area contributed by atoms with Gasteiger partial charge in [-0.05, 0) is 0 Å². The van der Waals surface area contributed by atoms with Crippen LogP contribution in [0.1, 0.15) is 0 Å². The molecule has 1 fully saturated rings. The van der Waals surface area contributed by atoms with E-state index < -0.39 is 0 Å². The molecule has 2 amide bonds. The smallest absolute Gasteiger partial charge is 0.323 e. The van der Waals surface area contributed by atoms with Gasteiger partial charge in [-0.2, -0.15) is 0 Å². The molecule has 0 atom stereocenters. The lowest BCUT2D eigenvalue weighted by atomic mass is 11.0. The van der Waals surface area contributed by atoms with Crippen molar-refractivity contribution in [2.75, 3.05) is 6.67 Å². The Morgan fingerprint density at radius 2 is 2.29 bits per heavy atom. The molecule has 7 heavy (non-hydrogen) atoms. The monoisotopic (exact) mass is 123 g/mol. The number of hydrogen-bond donors (Lipinski definition) is 3. The molecule has 5 heteroatoms. The zero-order chi connectivity index (χ0) is 4.41. The summed E-state index contributed by atoms with van der Waals surface area (Å²) in [4.78, 5) is 9.96. The van der Waals surface area contributed by atoms with E-state index in [1.807, 2.05) is 0 Å². The van der Waals surface area contributed by atoms with E-state index in [1.54, 1.807) is 0 Å². The molecule has 1 saturated heterocycles. The molecule has 0 spiro atoms. The highest BCUT2D eigenvalue weighted by Crippen LogP contribution is 1.62. The van der Waals surface area contributed by atoms with Crippen LogP contribution < -0.4 is 16.2 Å². The molecule has 0 bridgehead atoms. The summed E-state index contributed by atoms with van der Waals surface area (Å²) < 4.78 is 0. The fraction of sp³-hybridized carbons (Fsp3) is 0.500. The molecule has 0 aromatic rings. The van der Waals surface area contributed by atoms with Crippen molar-refractivity contribution in [1.29, 1.82) is 0 Å². The molecule has 3 N–H and O–H groups in total. The molecule has 1 rings (SSSR count). The normalized spacial score (nSPS) is 16.9. The number of urea groups is 1. The van der Waals surface area contributed by atoms with E-state index in [4.69, 9.17) is 0 Å². The molecule has 1 heterocycles. The summed E-state index contributed by atoms with van der Waals surface area (Å²) in [5.41, 5.74) is 4.88. The standard InChI is InChI=1S/C2H5N3O.ClH/c6-2-3-1-4-5-2;/h4H,1H2,(H2,3,5,6);1H. The van der Waals surface area contributed by atoms with Crippen LogP contribution in [0.4, 0.5) is 4.79 Å². The van der Waals surface area contributed by atoms with Gasteiger partial charge in [0.1, 0.15) is 0 Å². The average Bonchev–Trinajstić information content (AvgIpc) is 1.86. The van der Waals surface area contributed by atoms with Crippen LogP contribution in [0.5, 0.6) is 0 Å². The quantitative estimate of drug-likeness (QED) is 0.394. The molecule has 0 saturated carbocycles. The fourth-order valence-corrected chi connectivity index (χ4v) is 0.293. The van der Waals surface area contributed by atoms with Crippen LogP contribution in [0.3, 0.4) is 0 Å². The van der Waals surface area contributed by atoms with E-state index in [9.17, 15) is 4.79 Å². The minimum absolute atomic E-state index is 0. The number of hydrazine groups is 1. The van der Waals surface area contributed by atoms with Gasteiger partial charge in [0.25, 0.3) is 0 Å². The SMILES string of the molecule is Cl.O=C1NCNN1. The van der Waals surface area contributed by atoms with Crippen molar-refractivity contribution < 1.29 is 4.79 Å². The summed E-state index contributed by atoms with van der Waals surface area (Å²) in [6, 6.07) is -0.157. The van der Waals surface area contributed by atoms with Crippen LogP contribution in [0.25, 0.3) is 0 Å². The highest BCUT2D eigenvalue weighted by atomic mass is 35.5. The van der Waals surface area contributed by atoms with E-state index in [1.165, 1.54) is 0 Å². The van der Waals surface area contributed by atoms with Gasteiger partial charge in [0.2, 0.25) is 0 Å². The number of nitrogens with one attached hydrogen (secondary N) is 3. The summed E-state index contributed by atoms with van der Waals surface area (Å²) in [5, 5.41) is 2.46. The summed E-state index contributed by atoms with van der Waals surface area (Å²) in [6.45, 7) is 0.527. The molecular weight excluding hydrogens is 117 g/mol. The summed E-state index contributed by atoms with van der Waals surface area (Å²) in [6.07, 6.45) is 0. The second-order valence-corrected chi connectivity index (χ2v) is 0.984. The maximum atomic E-state index is 9.96. The van der Waals surface area contributed by atoms with Gasteiger partial charge in [0.05, 0.1) is 6.67 Å². The van der Waals surface area contributed by atoms with Crippen LogP contribution in [0.15, 0.2) is 0 Å². The van der Waals surface area contributed by atoms with Gasteiger partial charge >= 0.3 is 6.03 Å². The van der Waals surface area contributed by atoms with Crippen molar-refractivity contribution in [2.24, 2.45) is 0 Å². The first-order valence-electron chi connectivity index (χ1n) is 1.66. The Hall–Kier alpha value is -0.480. The molecular formula is C2H6ClN3O. The van der Waals surface area contributed by atoms with E-state index >= 15 is 0 Å². The minimum atomic E-state index is -0.157. The largest absolute Gasteiger partial charge is 0.330 e. The topological polar surface area (TPSA) is 53.2 Å². The predicted octanol–water partition coefficient (Wildman–Crippen LogP) is -0.817. The lowest BCUT2D eigenvalue weighted by Gasteiger charge is -1.80. The van der Waals surface area contributed by atoms with Gasteiger partial charge in [0.15, 0.2) is 0 Å². The van der Waals surface area contributed by atoms with E-state index in [2.05, 4.69) is 16.2 Å². The lowest BCUT2D eigenvalue weighted by molar-refractivity contribution is 0.247. The van der Waals surface area contributed by atoms with Crippen molar-refractivity contribution in [3.8, 4) is 0 Å². The van der Waals surface area contributed by atoms with Crippen molar-refractivity contribution in [3.05, 3.63) is 0 Å². The first kappa shape index (κ1) is 6.52. The van der Waals surface area contributed by atoms with Gasteiger partial charge in [-0.1, -0.05) is 0 Å². The summed E-state index contributed by atoms with van der Waals surface area (Å²) >= 11 is 0. The molecule has 0 aromatic carbocycles. The molecule has 0 unspecified atom stereocenters. The molecule has 0 aliphatic carbocycles. The Morgan fingerprint density at radius 1 is 1.57 bits per heavy atom. The third-order valence-electron chi connectivity index (χ3n) is 0.539. The van der Waals surface area contributed by atoms with Crippen LogP contribution in [-0.2, 0) is 0 Å². The molecule has 4 nitrogen and oxygen atoms in total. The highest BCUT2D eigenvalue weighted by Gasteiger charge is 2.01. The van der Waals surface area contributed by atoms with E-state index in [-0.39, 0.29) is 18.4 Å². The van der Waals surface area contributed by atoms with Crippen LogP contribution in [-0.4, -0.2) is 12.7 Å². The van der Waals surface area contributed by atoms with E-state index in [0.29, 0.717) is 6.67 Å². The first-order valence-corrected chi connectivity index (χ1v) is 1.66. The number of hydrogen-bond acceptors (Lipinski definition) is 2. The van der Waals surface area contributed by atoms with Crippen LogP contribution >= 0.6 is 12.4 Å². The number of carbonyl (C=O) groups is 1. The van der Waals surface area contributed by atoms with Gasteiger partial charge < -0.3 is 5.32 Å². The van der Waals surface area contributed by atoms with Gasteiger partial charge in [-0.15, -0.1) is 12.4 Å². The van der Waals surface area contributed by atoms with Crippen LogP contribution in [0.2, 0.25) is 0 Å². The van der Waals surface area contributed by atoms with Crippen molar-refractivity contribution >= 4 is 18.4 Å². The highest BCUT2D eigenvalue weighted by molar-refractivity contribution is 5.85. The predicted molar refractivity (Wildman–Crippen MR) is 26.9 cm³/mol. The molecule has 0 aromatic heterocycles. The number of rotatable bonds is 0. The summed E-state index contributed by atoms with van der Waals surface area (Å²) in [7, 11) is 0. The minimum Gasteiger partial charge on any atom is -0.323 e. The zero-order valence-electron chi connectivity index (χ0n) is 3.52.